The zero-order chi connectivity index (χ0) is 12.1. The predicted molar refractivity (Wildman–Crippen MR) is 64.4 cm³/mol. The molecular formula is C14H18O2. The van der Waals surface area contributed by atoms with Crippen LogP contribution in [0.5, 0.6) is 0 Å². The van der Waals surface area contributed by atoms with Crippen LogP contribution in [0, 0.1) is 12.8 Å². The zero-order valence-corrected chi connectivity index (χ0v) is 10.1. The van der Waals surface area contributed by atoms with Gasteiger partial charge in [0.2, 0.25) is 0 Å². The Bertz CT molecular complexity index is 391. The van der Waals surface area contributed by atoms with Gasteiger partial charge in [-0.2, -0.15) is 0 Å². The average Bonchev–Trinajstić information content (AvgIpc) is 2.16. The highest BCUT2D eigenvalue weighted by atomic mass is 16.1. The number of aryl methyl sites for hydroxylation is 1. The van der Waals surface area contributed by atoms with Gasteiger partial charge in [0.15, 0.2) is 0 Å². The Kier molecular flexibility index (Phi) is 4.41. The van der Waals surface area contributed by atoms with Gasteiger partial charge in [0.05, 0.1) is 6.42 Å². The molecule has 0 spiro atoms. The maximum absolute atomic E-state index is 11.6. The summed E-state index contributed by atoms with van der Waals surface area (Å²) in [6.07, 6.45) is 0.422. The topological polar surface area (TPSA) is 34.1 Å². The van der Waals surface area contributed by atoms with Crippen LogP contribution >= 0.6 is 0 Å². The molecule has 0 amide bonds. The van der Waals surface area contributed by atoms with Crippen molar-refractivity contribution in [3.8, 4) is 0 Å². The molecular weight excluding hydrogens is 200 g/mol. The van der Waals surface area contributed by atoms with Crippen LogP contribution in [0.4, 0.5) is 0 Å². The number of Topliss-reactive ketones (excluding diaryl/α,β-unsaturated/α-hetero) is 2. The monoisotopic (exact) mass is 218 g/mol. The Balaban J connectivity index is 2.55. The highest BCUT2D eigenvalue weighted by Gasteiger charge is 2.13. The van der Waals surface area contributed by atoms with E-state index in [0.717, 1.165) is 11.1 Å². The van der Waals surface area contributed by atoms with Gasteiger partial charge in [-0.05, 0) is 12.5 Å². The van der Waals surface area contributed by atoms with Gasteiger partial charge in [0.1, 0.15) is 11.6 Å². The molecule has 0 aliphatic rings. The lowest BCUT2D eigenvalue weighted by Crippen LogP contribution is -2.14. The van der Waals surface area contributed by atoms with Crippen molar-refractivity contribution >= 4 is 11.6 Å². The molecule has 0 aromatic heterocycles. The molecule has 0 atom stereocenters. The van der Waals surface area contributed by atoms with Gasteiger partial charge in [-0.1, -0.05) is 43.7 Å². The van der Waals surface area contributed by atoms with E-state index in [1.165, 1.54) is 0 Å². The fourth-order valence-corrected chi connectivity index (χ4v) is 1.51. The van der Waals surface area contributed by atoms with E-state index in [4.69, 9.17) is 0 Å². The summed E-state index contributed by atoms with van der Waals surface area (Å²) in [5, 5.41) is 0. The van der Waals surface area contributed by atoms with E-state index in [1.807, 2.05) is 45.0 Å². The van der Waals surface area contributed by atoms with Crippen LogP contribution in [0.3, 0.4) is 0 Å². The number of carbonyl (C=O) groups excluding carboxylic acids is 2. The first-order chi connectivity index (χ1) is 7.49. The first kappa shape index (κ1) is 12.6. The molecule has 1 rings (SSSR count). The van der Waals surface area contributed by atoms with Crippen molar-refractivity contribution in [1.29, 1.82) is 0 Å². The molecule has 1 aromatic carbocycles. The highest BCUT2D eigenvalue weighted by Crippen LogP contribution is 2.07. The van der Waals surface area contributed by atoms with Gasteiger partial charge in [-0.25, -0.2) is 0 Å². The van der Waals surface area contributed by atoms with Gasteiger partial charge in [0.25, 0.3) is 0 Å². The van der Waals surface area contributed by atoms with Crippen LogP contribution in [0.25, 0.3) is 0 Å². The van der Waals surface area contributed by atoms with Crippen molar-refractivity contribution in [2.45, 2.75) is 33.6 Å². The molecule has 86 valence electrons. The number of rotatable bonds is 5. The highest BCUT2D eigenvalue weighted by molar-refractivity contribution is 6.00. The maximum Gasteiger partial charge on any atom is 0.144 e. The number of hydrogen-bond acceptors (Lipinski definition) is 2. The number of hydrogen-bond donors (Lipinski definition) is 0. The second-order valence-corrected chi connectivity index (χ2v) is 4.50. The lowest BCUT2D eigenvalue weighted by molar-refractivity contribution is -0.128. The third-order valence-corrected chi connectivity index (χ3v) is 2.50. The summed E-state index contributed by atoms with van der Waals surface area (Å²) in [5.41, 5.74) is 2.13. The molecule has 0 bridgehead atoms. The Morgan fingerprint density at radius 3 is 2.50 bits per heavy atom. The molecule has 0 aliphatic heterocycles. The predicted octanol–water partition coefficient (Wildman–Crippen LogP) is 2.72. The Hall–Kier alpha value is -1.44. The SMILES string of the molecule is Cc1cccc(CC(=O)CC(=O)C(C)C)c1. The second-order valence-electron chi connectivity index (χ2n) is 4.50. The van der Waals surface area contributed by atoms with Gasteiger partial charge >= 0.3 is 0 Å². The Morgan fingerprint density at radius 1 is 1.25 bits per heavy atom. The van der Waals surface area contributed by atoms with Crippen molar-refractivity contribution in [3.63, 3.8) is 0 Å². The molecule has 0 saturated heterocycles. The quantitative estimate of drug-likeness (QED) is 0.712. The first-order valence-electron chi connectivity index (χ1n) is 5.59. The van der Waals surface area contributed by atoms with Crippen molar-refractivity contribution in [1.82, 2.24) is 0 Å². The lowest BCUT2D eigenvalue weighted by atomic mass is 9.99. The van der Waals surface area contributed by atoms with E-state index in [1.54, 1.807) is 0 Å². The maximum atomic E-state index is 11.6. The normalized spacial score (nSPS) is 10.5. The molecule has 16 heavy (non-hydrogen) atoms. The van der Waals surface area contributed by atoms with Crippen molar-refractivity contribution in [2.75, 3.05) is 0 Å². The fraction of sp³-hybridized carbons (Fsp3) is 0.429. The van der Waals surface area contributed by atoms with E-state index in [2.05, 4.69) is 0 Å². The van der Waals surface area contributed by atoms with Crippen LogP contribution < -0.4 is 0 Å². The standard InChI is InChI=1S/C14H18O2/c1-10(2)14(16)9-13(15)8-12-6-4-5-11(3)7-12/h4-7,10H,8-9H2,1-3H3. The minimum Gasteiger partial charge on any atom is -0.299 e. The van der Waals surface area contributed by atoms with Crippen LogP contribution in [0.2, 0.25) is 0 Å². The van der Waals surface area contributed by atoms with E-state index in [0.29, 0.717) is 6.42 Å². The van der Waals surface area contributed by atoms with Gasteiger partial charge in [0, 0.05) is 12.3 Å². The van der Waals surface area contributed by atoms with Gasteiger partial charge in [-0.15, -0.1) is 0 Å². The summed E-state index contributed by atoms with van der Waals surface area (Å²) in [6.45, 7) is 5.64. The first-order valence-corrected chi connectivity index (χ1v) is 5.59. The third kappa shape index (κ3) is 3.97. The molecule has 2 nitrogen and oxygen atoms in total. The molecule has 0 unspecified atom stereocenters. The summed E-state index contributed by atoms with van der Waals surface area (Å²) >= 11 is 0. The summed E-state index contributed by atoms with van der Waals surface area (Å²) in [7, 11) is 0. The molecule has 2 heteroatoms. The summed E-state index contributed by atoms with van der Waals surface area (Å²) < 4.78 is 0. The lowest BCUT2D eigenvalue weighted by Gasteiger charge is -2.04. The van der Waals surface area contributed by atoms with Crippen LogP contribution in [0.15, 0.2) is 24.3 Å². The summed E-state index contributed by atoms with van der Waals surface area (Å²) in [4.78, 5) is 23.0. The van der Waals surface area contributed by atoms with Gasteiger partial charge in [-0.3, -0.25) is 9.59 Å². The van der Waals surface area contributed by atoms with Crippen LogP contribution in [-0.4, -0.2) is 11.6 Å². The average molecular weight is 218 g/mol. The van der Waals surface area contributed by atoms with Crippen molar-refractivity contribution < 1.29 is 9.59 Å². The van der Waals surface area contributed by atoms with E-state index < -0.39 is 0 Å². The van der Waals surface area contributed by atoms with Crippen molar-refractivity contribution in [2.24, 2.45) is 5.92 Å². The minimum atomic E-state index is -0.0542. The molecule has 0 aliphatic carbocycles. The second kappa shape index (κ2) is 5.59. The summed E-state index contributed by atoms with van der Waals surface area (Å²) in [5.74, 6) is -0.0246. The Labute approximate surface area is 96.7 Å². The molecule has 1 aromatic rings. The van der Waals surface area contributed by atoms with Crippen LogP contribution in [0.1, 0.15) is 31.4 Å². The van der Waals surface area contributed by atoms with Gasteiger partial charge < -0.3 is 0 Å². The summed E-state index contributed by atoms with van der Waals surface area (Å²) in [6, 6.07) is 7.83. The molecule has 0 fully saturated rings. The zero-order valence-electron chi connectivity index (χ0n) is 10.1. The number of ketones is 2. The van der Waals surface area contributed by atoms with E-state index in [9.17, 15) is 9.59 Å². The third-order valence-electron chi connectivity index (χ3n) is 2.50. The molecule has 0 saturated carbocycles. The molecule has 0 heterocycles. The van der Waals surface area contributed by atoms with Crippen molar-refractivity contribution in [3.05, 3.63) is 35.4 Å². The minimum absolute atomic E-state index is 0.00398. The molecule has 0 N–H and O–H groups in total. The van der Waals surface area contributed by atoms with E-state index in [-0.39, 0.29) is 23.9 Å². The number of carbonyl (C=O) groups is 2. The van der Waals surface area contributed by atoms with Crippen LogP contribution in [-0.2, 0) is 16.0 Å². The number of benzene rings is 1. The Morgan fingerprint density at radius 2 is 1.94 bits per heavy atom. The molecule has 0 radical (unpaired) electrons. The largest absolute Gasteiger partial charge is 0.299 e. The van der Waals surface area contributed by atoms with E-state index >= 15 is 0 Å². The smallest absolute Gasteiger partial charge is 0.144 e. The fourth-order valence-electron chi connectivity index (χ4n) is 1.51.